The smallest absolute Gasteiger partial charge is 0.178 e. The Morgan fingerprint density at radius 1 is 1.40 bits per heavy atom. The Kier molecular flexibility index (Phi) is 3.38. The first-order chi connectivity index (χ1) is 7.16. The van der Waals surface area contributed by atoms with E-state index >= 15 is 0 Å². The van der Waals surface area contributed by atoms with Gasteiger partial charge in [-0.1, -0.05) is 0 Å². The molecule has 2 heterocycles. The van der Waals surface area contributed by atoms with Crippen LogP contribution in [0.1, 0.15) is 19.4 Å². The Bertz CT molecular complexity index is 484. The van der Waals surface area contributed by atoms with Crippen molar-refractivity contribution in [3.63, 3.8) is 0 Å². The van der Waals surface area contributed by atoms with Crippen molar-refractivity contribution < 1.29 is 4.79 Å². The van der Waals surface area contributed by atoms with Crippen LogP contribution in [-0.4, -0.2) is 5.78 Å². The Hall–Kier alpha value is -0.450. The second kappa shape index (κ2) is 4.60. The van der Waals surface area contributed by atoms with Gasteiger partial charge in [-0.2, -0.15) is 0 Å². The van der Waals surface area contributed by atoms with E-state index in [1.54, 1.807) is 22.7 Å². The van der Waals surface area contributed by atoms with Gasteiger partial charge in [0.1, 0.15) is 0 Å². The van der Waals surface area contributed by atoms with Crippen molar-refractivity contribution >= 4 is 44.4 Å². The van der Waals surface area contributed by atoms with E-state index in [4.69, 9.17) is 0 Å². The van der Waals surface area contributed by atoms with Crippen molar-refractivity contribution in [3.8, 4) is 0 Å². The molecule has 0 aliphatic carbocycles. The first-order valence-electron chi connectivity index (χ1n) is 4.48. The highest BCUT2D eigenvalue weighted by molar-refractivity contribution is 9.10. The van der Waals surface area contributed by atoms with Crippen LogP contribution in [0.3, 0.4) is 0 Å². The van der Waals surface area contributed by atoms with Gasteiger partial charge in [-0.3, -0.25) is 4.79 Å². The fourth-order valence-corrected chi connectivity index (χ4v) is 3.56. The van der Waals surface area contributed by atoms with Gasteiger partial charge in [0.2, 0.25) is 0 Å². The van der Waals surface area contributed by atoms with Crippen LogP contribution in [0.4, 0.5) is 0 Å². The van der Waals surface area contributed by atoms with Gasteiger partial charge in [-0.25, -0.2) is 0 Å². The fourth-order valence-electron chi connectivity index (χ4n) is 1.27. The molecule has 0 unspecified atom stereocenters. The first-order valence-corrected chi connectivity index (χ1v) is 6.97. The summed E-state index contributed by atoms with van der Waals surface area (Å²) < 4.78 is 1.04. The number of ketones is 1. The Balaban J connectivity index is 2.14. The standard InChI is InChI=1S/C11H9BrOS2/c1-7-2-3-10(15-7)9(13)6-11-8(12)4-5-14-11/h2-5H,6H2,1H3. The topological polar surface area (TPSA) is 17.1 Å². The van der Waals surface area contributed by atoms with E-state index in [0.29, 0.717) is 6.42 Å². The highest BCUT2D eigenvalue weighted by Gasteiger charge is 2.11. The van der Waals surface area contributed by atoms with Crippen LogP contribution in [0.2, 0.25) is 0 Å². The maximum Gasteiger partial charge on any atom is 0.178 e. The number of rotatable bonds is 3. The van der Waals surface area contributed by atoms with E-state index in [-0.39, 0.29) is 5.78 Å². The maximum atomic E-state index is 11.9. The van der Waals surface area contributed by atoms with Crippen LogP contribution >= 0.6 is 38.6 Å². The van der Waals surface area contributed by atoms with Gasteiger partial charge >= 0.3 is 0 Å². The number of Topliss-reactive ketones (excluding diaryl/α,β-unsaturated/α-hetero) is 1. The first kappa shape index (κ1) is 11.0. The number of halogens is 1. The Morgan fingerprint density at radius 3 is 2.73 bits per heavy atom. The zero-order chi connectivity index (χ0) is 10.8. The summed E-state index contributed by atoms with van der Waals surface area (Å²) in [5.74, 6) is 0.205. The summed E-state index contributed by atoms with van der Waals surface area (Å²) in [7, 11) is 0. The average molecular weight is 301 g/mol. The van der Waals surface area contributed by atoms with Crippen LogP contribution in [0.15, 0.2) is 28.1 Å². The average Bonchev–Trinajstić information content (AvgIpc) is 2.77. The van der Waals surface area contributed by atoms with E-state index in [2.05, 4.69) is 15.9 Å². The summed E-state index contributed by atoms with van der Waals surface area (Å²) in [6.07, 6.45) is 0.498. The van der Waals surface area contributed by atoms with Crippen LogP contribution in [-0.2, 0) is 6.42 Å². The number of carbonyl (C=O) groups excluding carboxylic acids is 1. The summed E-state index contributed by atoms with van der Waals surface area (Å²) in [4.78, 5) is 15.0. The molecule has 0 saturated carbocycles. The molecular formula is C11H9BrOS2. The van der Waals surface area contributed by atoms with Crippen molar-refractivity contribution in [2.75, 3.05) is 0 Å². The van der Waals surface area contributed by atoms with Crippen molar-refractivity contribution in [1.29, 1.82) is 0 Å². The SMILES string of the molecule is Cc1ccc(C(=O)Cc2sccc2Br)s1. The lowest BCUT2D eigenvalue weighted by atomic mass is 10.2. The van der Waals surface area contributed by atoms with Gasteiger partial charge in [-0.15, -0.1) is 22.7 Å². The molecule has 0 spiro atoms. The fraction of sp³-hybridized carbons (Fsp3) is 0.182. The molecule has 2 rings (SSSR count). The number of hydrogen-bond acceptors (Lipinski definition) is 3. The van der Waals surface area contributed by atoms with E-state index < -0.39 is 0 Å². The predicted octanol–water partition coefficient (Wildman–Crippen LogP) is 4.31. The summed E-state index contributed by atoms with van der Waals surface area (Å²) in [5, 5.41) is 1.99. The number of hydrogen-bond donors (Lipinski definition) is 0. The van der Waals surface area contributed by atoms with Gasteiger partial charge in [0.25, 0.3) is 0 Å². The van der Waals surface area contributed by atoms with Crippen molar-refractivity contribution in [1.82, 2.24) is 0 Å². The maximum absolute atomic E-state index is 11.9. The molecular weight excluding hydrogens is 292 g/mol. The Labute approximate surface area is 105 Å². The molecule has 0 amide bonds. The third-order valence-corrected chi connectivity index (χ3v) is 5.00. The normalized spacial score (nSPS) is 10.5. The molecule has 0 radical (unpaired) electrons. The molecule has 0 saturated heterocycles. The van der Waals surface area contributed by atoms with E-state index in [9.17, 15) is 4.79 Å². The van der Waals surface area contributed by atoms with Gasteiger partial charge in [0.15, 0.2) is 5.78 Å². The van der Waals surface area contributed by atoms with E-state index in [1.807, 2.05) is 30.5 Å². The molecule has 2 aromatic heterocycles. The molecule has 0 fully saturated rings. The number of thiophene rings is 2. The van der Waals surface area contributed by atoms with Crippen LogP contribution in [0.25, 0.3) is 0 Å². The summed E-state index contributed by atoms with van der Waals surface area (Å²) in [6.45, 7) is 2.02. The molecule has 0 bridgehead atoms. The molecule has 0 atom stereocenters. The lowest BCUT2D eigenvalue weighted by molar-refractivity contribution is 0.0997. The zero-order valence-corrected chi connectivity index (χ0v) is 11.3. The second-order valence-corrected chi connectivity index (χ2v) is 6.34. The zero-order valence-electron chi connectivity index (χ0n) is 8.12. The number of aryl methyl sites for hydroxylation is 1. The molecule has 0 aliphatic rings. The largest absolute Gasteiger partial charge is 0.293 e. The summed E-state index contributed by atoms with van der Waals surface area (Å²) in [6, 6.07) is 5.87. The highest BCUT2D eigenvalue weighted by Crippen LogP contribution is 2.25. The Morgan fingerprint density at radius 2 is 2.20 bits per heavy atom. The molecule has 0 aliphatic heterocycles. The van der Waals surface area contributed by atoms with Crippen LogP contribution < -0.4 is 0 Å². The molecule has 1 nitrogen and oxygen atoms in total. The van der Waals surface area contributed by atoms with Gasteiger partial charge in [0, 0.05) is 20.6 Å². The molecule has 0 aromatic carbocycles. The van der Waals surface area contributed by atoms with Crippen LogP contribution in [0.5, 0.6) is 0 Å². The minimum absolute atomic E-state index is 0.205. The van der Waals surface area contributed by atoms with Gasteiger partial charge in [0.05, 0.1) is 4.88 Å². The molecule has 15 heavy (non-hydrogen) atoms. The van der Waals surface area contributed by atoms with E-state index in [1.165, 1.54) is 4.88 Å². The van der Waals surface area contributed by atoms with E-state index in [0.717, 1.165) is 14.2 Å². The van der Waals surface area contributed by atoms with Crippen molar-refractivity contribution in [2.45, 2.75) is 13.3 Å². The molecule has 2 aromatic rings. The quantitative estimate of drug-likeness (QED) is 0.772. The molecule has 4 heteroatoms. The minimum Gasteiger partial charge on any atom is -0.293 e. The van der Waals surface area contributed by atoms with Crippen LogP contribution in [0, 0.1) is 6.92 Å². The lowest BCUT2D eigenvalue weighted by Crippen LogP contribution is -1.99. The third-order valence-electron chi connectivity index (χ3n) is 2.03. The third kappa shape index (κ3) is 2.56. The van der Waals surface area contributed by atoms with Gasteiger partial charge < -0.3 is 0 Å². The summed E-state index contributed by atoms with van der Waals surface area (Å²) in [5.41, 5.74) is 0. The second-order valence-electron chi connectivity index (χ2n) is 3.20. The highest BCUT2D eigenvalue weighted by atomic mass is 79.9. The summed E-state index contributed by atoms with van der Waals surface area (Å²) >= 11 is 6.61. The van der Waals surface area contributed by atoms with Gasteiger partial charge in [-0.05, 0) is 46.4 Å². The molecule has 0 N–H and O–H groups in total. The monoisotopic (exact) mass is 300 g/mol. The predicted molar refractivity (Wildman–Crippen MR) is 69.1 cm³/mol. The molecule has 78 valence electrons. The number of carbonyl (C=O) groups is 1. The van der Waals surface area contributed by atoms with Crippen molar-refractivity contribution in [3.05, 3.63) is 42.7 Å². The minimum atomic E-state index is 0.205. The van der Waals surface area contributed by atoms with Crippen molar-refractivity contribution in [2.24, 2.45) is 0 Å². The lowest BCUT2D eigenvalue weighted by Gasteiger charge is -1.96.